The van der Waals surface area contributed by atoms with Crippen molar-refractivity contribution in [3.63, 3.8) is 0 Å². The maximum absolute atomic E-state index is 15.1. The third kappa shape index (κ3) is 34.7. The van der Waals surface area contributed by atoms with Crippen molar-refractivity contribution >= 4 is 117 Å². The Morgan fingerprint density at radius 1 is 0.647 bits per heavy atom. The van der Waals surface area contributed by atoms with Gasteiger partial charge in [0.2, 0.25) is 88.6 Å². The van der Waals surface area contributed by atoms with Crippen LogP contribution in [-0.2, 0) is 93.4 Å². The second kappa shape index (κ2) is 48.7. The Balaban J connectivity index is 2.04. The normalized spacial score (nSPS) is 20.2. The SMILES string of the molecule is CC[C@H](C)[C@H](NC(=O)[C@H](CNC(=O)c1cc(S(=O)(=O)F)ccc1OC)NC(C)=O)C(=O)N[C@@H](C)C(=O)N[C@@]1(C)CCC/C=C\CCC[C@@](C)(C(=O)N[C@H](C(=O)NCC(=O)N[C@@H](CC(=O)O)C(=O)N[C@@H](C)C(=O)N[C@@H](Cc2ccccc2)C(N)=O)[C@@H](C)CC)NC(=O)[C@H](CCCN=C(N)N)NC(=O)[C@H](CC(C)C)NC(=O)[C@H](CCC(N)=O)NC1=O. The minimum Gasteiger partial charge on any atom is -0.496 e. The Labute approximate surface area is 690 Å². The van der Waals surface area contributed by atoms with E-state index in [0.29, 0.717) is 11.6 Å². The average molecular weight is 1700 g/mol. The maximum atomic E-state index is 15.1. The van der Waals surface area contributed by atoms with Crippen molar-refractivity contribution in [3.05, 3.63) is 71.8 Å². The summed E-state index contributed by atoms with van der Waals surface area (Å²) in [6, 6.07) is -4.00. The molecular formula is C77H118FN19O21S. The Bertz CT molecular complexity index is 4130. The summed E-state index contributed by atoms with van der Waals surface area (Å²) in [4.78, 5) is 237. The highest BCUT2D eigenvalue weighted by molar-refractivity contribution is 7.86. The summed E-state index contributed by atoms with van der Waals surface area (Å²) >= 11 is 0. The fourth-order valence-electron chi connectivity index (χ4n) is 12.2. The van der Waals surface area contributed by atoms with Gasteiger partial charge in [-0.2, -0.15) is 8.42 Å². The van der Waals surface area contributed by atoms with Crippen molar-refractivity contribution in [2.24, 2.45) is 45.7 Å². The van der Waals surface area contributed by atoms with E-state index in [9.17, 15) is 94.1 Å². The zero-order chi connectivity index (χ0) is 89.8. The van der Waals surface area contributed by atoms with E-state index in [-0.39, 0.29) is 101 Å². The highest BCUT2D eigenvalue weighted by atomic mass is 32.3. The van der Waals surface area contributed by atoms with Crippen molar-refractivity contribution in [1.29, 1.82) is 0 Å². The number of aliphatic imine (C=N–C) groups is 1. The summed E-state index contributed by atoms with van der Waals surface area (Å²) in [5, 5.41) is 45.0. The first-order valence-corrected chi connectivity index (χ1v) is 40.4. The van der Waals surface area contributed by atoms with Crippen LogP contribution >= 0.6 is 0 Å². The molecule has 23 N–H and O–H groups in total. The van der Waals surface area contributed by atoms with Gasteiger partial charge in [0.25, 0.3) is 5.91 Å². The van der Waals surface area contributed by atoms with Crippen LogP contribution in [0.15, 0.2) is 70.6 Å². The summed E-state index contributed by atoms with van der Waals surface area (Å²) in [5.41, 5.74) is 18.6. The van der Waals surface area contributed by atoms with Gasteiger partial charge in [-0.05, 0) is 133 Å². The predicted molar refractivity (Wildman–Crippen MR) is 431 cm³/mol. The molecule has 2 aromatic rings. The number of carbonyl (C=O) groups excluding carboxylic acids is 16. The molecule has 660 valence electrons. The molecule has 0 unspecified atom stereocenters. The molecule has 1 aliphatic rings. The van der Waals surface area contributed by atoms with Gasteiger partial charge in [0.15, 0.2) is 5.96 Å². The van der Waals surface area contributed by atoms with E-state index in [1.54, 1.807) is 84.0 Å². The summed E-state index contributed by atoms with van der Waals surface area (Å²) < 4.78 is 42.5. The van der Waals surface area contributed by atoms with Crippen LogP contribution in [0.1, 0.15) is 182 Å². The van der Waals surface area contributed by atoms with Crippen LogP contribution in [0.5, 0.6) is 5.75 Å². The first-order valence-electron chi connectivity index (χ1n) is 39.1. The Hall–Kier alpha value is -11.9. The number of methoxy groups -OCH3 is 1. The standard InChI is InChI=1S/C77H118FN19O21S/c1-13-42(5)60(71(112)85-40-58(100)89-54(38-59(101)102)67(108)86-44(7)63(104)91-52(62(80)103)36-47-25-20-19-21-26-47)95-74(115)77(11)33-23-18-16-15-17-22-32-76(10,73(114)93-51(29-31-57(79)99)66(107)92-53(35-41(3)4)68(109)90-50(70(111)97-77)27-24-34-83-75(81)82)96-64(105)45(8)87-72(113)61(43(6)14-2)94-69(110)55(88-46(9)98)39-84-65(106)49-37-48(119(78,116)117)28-30-56(49)118-12/h15-16,19-21,25-26,28,30,37,41-45,50-55,60-61H,13-14,17-18,22-24,27,29,31-36,38-40H2,1-12H3,(H2,79,99)(H2,80,103)(H,84,106)(H,85,112)(H,86,108)(H,87,113)(H,88,98)(H,89,100)(H,90,109)(H,91,104)(H,92,107)(H,93,114)(H,94,110)(H,95,115)(H,96,105)(H,97,111)(H,101,102)(H4,81,82,83)/b16-15-/t42-,43-,44-,45-,50-,51-,52-,53-,54-,55-,60-,61-,76-,77-/m0/s1. The number of benzene rings is 2. The number of primary amides is 2. The molecule has 42 heteroatoms. The molecule has 0 aromatic heterocycles. The lowest BCUT2D eigenvalue weighted by Crippen LogP contribution is -2.65. The number of rotatable bonds is 40. The van der Waals surface area contributed by atoms with Crippen LogP contribution in [0.4, 0.5) is 3.89 Å². The quantitative estimate of drug-likeness (QED) is 0.0107. The largest absolute Gasteiger partial charge is 0.496 e. The molecule has 0 bridgehead atoms. The second-order valence-electron chi connectivity index (χ2n) is 30.2. The number of nitrogens with one attached hydrogen (secondary N) is 14. The molecule has 16 amide bonds. The monoisotopic (exact) mass is 1700 g/mol. The van der Waals surface area contributed by atoms with Gasteiger partial charge in [-0.3, -0.25) is 86.5 Å². The van der Waals surface area contributed by atoms with Crippen molar-refractivity contribution in [2.45, 2.75) is 249 Å². The average Bonchev–Trinajstić information content (AvgIpc) is 0.930. The van der Waals surface area contributed by atoms with Crippen LogP contribution in [0.2, 0.25) is 0 Å². The summed E-state index contributed by atoms with van der Waals surface area (Å²) in [7, 11) is -4.14. The van der Waals surface area contributed by atoms with Gasteiger partial charge >= 0.3 is 16.2 Å². The van der Waals surface area contributed by atoms with E-state index >= 15 is 4.79 Å². The fourth-order valence-corrected chi connectivity index (χ4v) is 12.7. The number of carboxylic acids is 1. The van der Waals surface area contributed by atoms with E-state index in [0.717, 1.165) is 26.2 Å². The van der Waals surface area contributed by atoms with E-state index in [1.165, 1.54) is 27.7 Å². The van der Waals surface area contributed by atoms with Crippen LogP contribution in [-0.4, -0.2) is 218 Å². The summed E-state index contributed by atoms with van der Waals surface area (Å²) in [6.07, 6.45) is 1.99. The predicted octanol–water partition coefficient (Wildman–Crippen LogP) is -2.57. The number of nitrogens with zero attached hydrogens (tertiary/aromatic N) is 1. The molecule has 0 saturated heterocycles. The Morgan fingerprint density at radius 2 is 1.22 bits per heavy atom. The van der Waals surface area contributed by atoms with Gasteiger partial charge in [0, 0.05) is 32.9 Å². The number of halogens is 1. The Morgan fingerprint density at radius 3 is 1.78 bits per heavy atom. The smallest absolute Gasteiger partial charge is 0.332 e. The Kier molecular flexibility index (Phi) is 41.5. The topological polar surface area (TPSA) is 639 Å². The van der Waals surface area contributed by atoms with Crippen molar-refractivity contribution in [1.82, 2.24) is 74.4 Å². The molecule has 0 spiro atoms. The molecule has 0 fully saturated rings. The zero-order valence-electron chi connectivity index (χ0n) is 69.2. The number of hydrogen-bond donors (Lipinski definition) is 19. The lowest BCUT2D eigenvalue weighted by Gasteiger charge is -2.34. The van der Waals surface area contributed by atoms with Gasteiger partial charge in [-0.1, -0.05) is 96.9 Å². The van der Waals surface area contributed by atoms with E-state index in [4.69, 9.17) is 27.7 Å². The van der Waals surface area contributed by atoms with Crippen LogP contribution in [0.3, 0.4) is 0 Å². The zero-order valence-corrected chi connectivity index (χ0v) is 70.0. The van der Waals surface area contributed by atoms with Gasteiger partial charge in [0.05, 0.1) is 30.5 Å². The maximum Gasteiger partial charge on any atom is 0.332 e. The van der Waals surface area contributed by atoms with Crippen LogP contribution in [0.25, 0.3) is 0 Å². The van der Waals surface area contributed by atoms with Gasteiger partial charge in [-0.25, -0.2) is 0 Å². The van der Waals surface area contributed by atoms with Crippen molar-refractivity contribution < 1.29 is 104 Å². The number of guanidine groups is 1. The molecule has 119 heavy (non-hydrogen) atoms. The molecule has 1 aliphatic heterocycles. The fraction of sp³-hybridized carbons (Fsp3) is 0.584. The number of allylic oxidation sites excluding steroid dienone is 2. The summed E-state index contributed by atoms with van der Waals surface area (Å²) in [6.45, 7) is 14.6. The lowest BCUT2D eigenvalue weighted by molar-refractivity contribution is -0.141. The third-order valence-electron chi connectivity index (χ3n) is 19.6. The molecule has 40 nitrogen and oxygen atoms in total. The number of ether oxygens (including phenoxy) is 1. The number of aliphatic carboxylic acids is 1. The van der Waals surface area contributed by atoms with Gasteiger partial charge in [0.1, 0.15) is 77.2 Å². The first-order chi connectivity index (χ1) is 55.7. The third-order valence-corrected chi connectivity index (χ3v) is 20.4. The van der Waals surface area contributed by atoms with E-state index in [2.05, 4.69) is 79.4 Å². The molecular weight excluding hydrogens is 1580 g/mol. The van der Waals surface area contributed by atoms with E-state index < -0.39 is 237 Å². The second-order valence-corrected chi connectivity index (χ2v) is 31.5. The van der Waals surface area contributed by atoms with Crippen molar-refractivity contribution in [3.8, 4) is 5.75 Å². The van der Waals surface area contributed by atoms with Crippen LogP contribution < -0.4 is 102 Å². The minimum atomic E-state index is -5.29. The van der Waals surface area contributed by atoms with Crippen molar-refractivity contribution in [2.75, 3.05) is 26.7 Å². The first kappa shape index (κ1) is 101. The lowest BCUT2D eigenvalue weighted by atomic mass is 9.90. The number of carbonyl (C=O) groups is 17. The number of hydrogen-bond acceptors (Lipinski definition) is 21. The van der Waals surface area contributed by atoms with Gasteiger partial charge in [-0.15, -0.1) is 3.89 Å². The highest BCUT2D eigenvalue weighted by Crippen LogP contribution is 2.25. The number of carboxylic acid groups (broad SMARTS) is 1. The molecule has 14 atom stereocenters. The summed E-state index contributed by atoms with van der Waals surface area (Å²) in [5.74, 6) is -19.2. The van der Waals surface area contributed by atoms with Gasteiger partial charge < -0.3 is 107 Å². The minimum absolute atomic E-state index is 0.00441. The molecule has 3 rings (SSSR count). The number of nitrogens with two attached hydrogens (primary N) is 4. The number of amides is 16. The molecule has 0 radical (unpaired) electrons. The molecule has 0 aliphatic carbocycles. The molecule has 2 aromatic carbocycles. The molecule has 1 heterocycles. The highest BCUT2D eigenvalue weighted by Gasteiger charge is 2.43. The van der Waals surface area contributed by atoms with Crippen LogP contribution in [0, 0.1) is 17.8 Å². The molecule has 0 saturated carbocycles. The van der Waals surface area contributed by atoms with E-state index in [1.807, 2.05) is 0 Å².